The molecule has 28 heavy (non-hydrogen) atoms. The highest BCUT2D eigenvalue weighted by Crippen LogP contribution is 2.35. The number of halogens is 2. The summed E-state index contributed by atoms with van der Waals surface area (Å²) in [5.74, 6) is 1.73. The third-order valence-electron chi connectivity index (χ3n) is 4.24. The Bertz CT molecular complexity index is 1320. The molecule has 2 aromatic carbocycles. The second kappa shape index (κ2) is 6.77. The van der Waals surface area contributed by atoms with E-state index in [1.165, 1.54) is 15.9 Å². The van der Waals surface area contributed by atoms with Gasteiger partial charge in [-0.1, -0.05) is 52.7 Å². The van der Waals surface area contributed by atoms with E-state index in [4.69, 9.17) is 32.7 Å². The van der Waals surface area contributed by atoms with Crippen LogP contribution < -0.4 is 19.6 Å². The largest absolute Gasteiger partial charge is 0.485 e. The number of hydrogen-bond acceptors (Lipinski definition) is 6. The molecule has 0 N–H and O–H groups in total. The van der Waals surface area contributed by atoms with Crippen molar-refractivity contribution in [3.63, 3.8) is 0 Å². The first-order chi connectivity index (χ1) is 13.6. The summed E-state index contributed by atoms with van der Waals surface area (Å²) in [7, 11) is 0. The Balaban J connectivity index is 1.50. The van der Waals surface area contributed by atoms with Gasteiger partial charge >= 0.3 is 0 Å². The average molecular weight is 432 g/mol. The molecule has 0 aliphatic carbocycles. The van der Waals surface area contributed by atoms with Crippen LogP contribution in [0.3, 0.4) is 0 Å². The van der Waals surface area contributed by atoms with Gasteiger partial charge < -0.3 is 9.47 Å². The second-order valence-electron chi connectivity index (χ2n) is 6.12. The molecule has 9 heteroatoms. The molecule has 0 spiro atoms. The summed E-state index contributed by atoms with van der Waals surface area (Å²) in [5, 5.41) is 5.23. The number of rotatable bonds is 2. The van der Waals surface area contributed by atoms with Crippen molar-refractivity contribution in [3.05, 3.63) is 78.8 Å². The summed E-state index contributed by atoms with van der Waals surface area (Å²) in [4.78, 5) is 17.6. The first-order valence-corrected chi connectivity index (χ1v) is 9.90. The van der Waals surface area contributed by atoms with Gasteiger partial charge in [0, 0.05) is 0 Å². The van der Waals surface area contributed by atoms with Gasteiger partial charge in [-0.25, -0.2) is 0 Å². The Morgan fingerprint density at radius 3 is 2.75 bits per heavy atom. The molecule has 0 amide bonds. The maximum Gasteiger partial charge on any atom is 0.291 e. The van der Waals surface area contributed by atoms with Crippen molar-refractivity contribution in [1.82, 2.24) is 14.6 Å². The fourth-order valence-electron chi connectivity index (χ4n) is 2.89. The first kappa shape index (κ1) is 17.5. The summed E-state index contributed by atoms with van der Waals surface area (Å²) in [6.07, 6.45) is 1.27. The maximum absolute atomic E-state index is 12.7. The highest BCUT2D eigenvalue weighted by Gasteiger charge is 2.27. The Hall–Kier alpha value is -2.61. The predicted octanol–water partition coefficient (Wildman–Crippen LogP) is 3.52. The van der Waals surface area contributed by atoms with Crippen molar-refractivity contribution in [2.45, 2.75) is 6.10 Å². The minimum Gasteiger partial charge on any atom is -0.485 e. The summed E-state index contributed by atoms with van der Waals surface area (Å²) >= 11 is 13.2. The Labute approximate surface area is 172 Å². The fraction of sp³-hybridized carbons (Fsp3) is 0.105. The van der Waals surface area contributed by atoms with Crippen LogP contribution in [0.5, 0.6) is 11.5 Å². The van der Waals surface area contributed by atoms with E-state index in [2.05, 4.69) is 10.1 Å². The molecule has 5 rings (SSSR count). The van der Waals surface area contributed by atoms with Crippen molar-refractivity contribution in [2.75, 3.05) is 6.61 Å². The van der Waals surface area contributed by atoms with Crippen LogP contribution in [0.1, 0.15) is 17.5 Å². The molecule has 1 aliphatic heterocycles. The van der Waals surface area contributed by atoms with Crippen LogP contribution in [0, 0.1) is 0 Å². The molecule has 0 saturated heterocycles. The number of thiazole rings is 1. The number of ether oxygens (including phenoxy) is 2. The lowest BCUT2D eigenvalue weighted by atomic mass is 10.2. The number of hydrogen-bond donors (Lipinski definition) is 0. The minimum atomic E-state index is -0.469. The zero-order valence-electron chi connectivity index (χ0n) is 14.1. The highest BCUT2D eigenvalue weighted by atomic mass is 35.5. The van der Waals surface area contributed by atoms with Gasteiger partial charge in [-0.05, 0) is 35.9 Å². The van der Waals surface area contributed by atoms with Crippen molar-refractivity contribution < 1.29 is 9.47 Å². The van der Waals surface area contributed by atoms with Crippen molar-refractivity contribution in [1.29, 1.82) is 0 Å². The summed E-state index contributed by atoms with van der Waals surface area (Å²) in [5.41, 5.74) is 0.527. The normalized spacial score (nSPS) is 16.6. The molecule has 1 aliphatic rings. The van der Waals surface area contributed by atoms with Gasteiger partial charge in [-0.15, -0.1) is 5.10 Å². The van der Waals surface area contributed by atoms with E-state index in [0.717, 1.165) is 5.56 Å². The fourth-order valence-corrected chi connectivity index (χ4v) is 4.11. The van der Waals surface area contributed by atoms with Crippen molar-refractivity contribution >= 4 is 45.6 Å². The van der Waals surface area contributed by atoms with Crippen LogP contribution in [0.25, 0.3) is 11.0 Å². The molecule has 0 radical (unpaired) electrons. The molecule has 1 atom stereocenters. The molecule has 0 saturated carbocycles. The lowest BCUT2D eigenvalue weighted by Gasteiger charge is -2.24. The van der Waals surface area contributed by atoms with Crippen LogP contribution in [0.4, 0.5) is 0 Å². The predicted molar refractivity (Wildman–Crippen MR) is 108 cm³/mol. The average Bonchev–Trinajstić information content (AvgIpc) is 3.24. The summed E-state index contributed by atoms with van der Waals surface area (Å²) < 4.78 is 13.4. The Morgan fingerprint density at radius 2 is 1.96 bits per heavy atom. The van der Waals surface area contributed by atoms with E-state index in [9.17, 15) is 4.79 Å². The second-order valence-corrected chi connectivity index (χ2v) is 7.94. The third kappa shape index (κ3) is 3.01. The van der Waals surface area contributed by atoms with Gasteiger partial charge in [0.05, 0.1) is 14.6 Å². The van der Waals surface area contributed by atoms with Crippen LogP contribution >= 0.6 is 34.5 Å². The molecule has 3 heterocycles. The van der Waals surface area contributed by atoms with Gasteiger partial charge in [-0.2, -0.15) is 9.50 Å². The molecule has 0 fully saturated rings. The Kier molecular flexibility index (Phi) is 4.23. The van der Waals surface area contributed by atoms with E-state index in [0.29, 0.717) is 36.9 Å². The minimum absolute atomic E-state index is 0.248. The first-order valence-electron chi connectivity index (χ1n) is 8.33. The highest BCUT2D eigenvalue weighted by molar-refractivity contribution is 7.15. The topological polar surface area (TPSA) is 65.7 Å². The lowest BCUT2D eigenvalue weighted by molar-refractivity contribution is 0.0852. The van der Waals surface area contributed by atoms with E-state index >= 15 is 0 Å². The quantitative estimate of drug-likeness (QED) is 0.485. The van der Waals surface area contributed by atoms with Gasteiger partial charge in [0.2, 0.25) is 4.96 Å². The smallest absolute Gasteiger partial charge is 0.291 e. The standard InChI is InChI=1S/C19H11Cl2N3O3S/c20-11-6-5-10(7-12(11)21)8-16-18(25)24-19(28-16)22-17(23-24)15-9-26-13-3-1-2-4-14(13)27-15/h1-8,15H,9H2/b16-8+. The van der Waals surface area contributed by atoms with Gasteiger partial charge in [0.25, 0.3) is 5.56 Å². The summed E-state index contributed by atoms with van der Waals surface area (Å²) in [6.45, 7) is 0.283. The van der Waals surface area contributed by atoms with E-state index in [1.807, 2.05) is 24.3 Å². The molecule has 0 bridgehead atoms. The Morgan fingerprint density at radius 1 is 1.14 bits per heavy atom. The molecule has 140 valence electrons. The SMILES string of the molecule is O=c1/c(=C\c2ccc(Cl)c(Cl)c2)sc2nc(C3COc4ccccc4O3)nn12. The van der Waals surface area contributed by atoms with E-state index in [-0.39, 0.29) is 12.2 Å². The van der Waals surface area contributed by atoms with Gasteiger partial charge in [0.15, 0.2) is 23.4 Å². The maximum atomic E-state index is 12.7. The number of para-hydroxylation sites is 2. The van der Waals surface area contributed by atoms with Gasteiger partial charge in [0.1, 0.15) is 6.61 Å². The van der Waals surface area contributed by atoms with Crippen LogP contribution in [0.2, 0.25) is 10.0 Å². The molecular weight excluding hydrogens is 421 g/mol. The monoisotopic (exact) mass is 431 g/mol. The molecule has 2 aromatic heterocycles. The zero-order valence-corrected chi connectivity index (χ0v) is 16.5. The van der Waals surface area contributed by atoms with E-state index < -0.39 is 6.10 Å². The number of fused-ring (bicyclic) bond motifs is 2. The number of nitrogens with zero attached hydrogens (tertiary/aromatic N) is 3. The van der Waals surface area contributed by atoms with E-state index in [1.54, 1.807) is 24.3 Å². The van der Waals surface area contributed by atoms with Crippen LogP contribution in [0.15, 0.2) is 47.3 Å². The van der Waals surface area contributed by atoms with Crippen LogP contribution in [-0.2, 0) is 0 Å². The molecule has 4 aromatic rings. The third-order valence-corrected chi connectivity index (χ3v) is 5.93. The van der Waals surface area contributed by atoms with Crippen molar-refractivity contribution in [2.24, 2.45) is 0 Å². The number of benzene rings is 2. The molecular formula is C19H11Cl2N3O3S. The number of aromatic nitrogens is 3. The van der Waals surface area contributed by atoms with Crippen molar-refractivity contribution in [3.8, 4) is 11.5 Å². The van der Waals surface area contributed by atoms with Gasteiger partial charge in [-0.3, -0.25) is 4.79 Å². The lowest BCUT2D eigenvalue weighted by Crippen LogP contribution is -2.26. The zero-order chi connectivity index (χ0) is 19.3. The molecule has 1 unspecified atom stereocenters. The van der Waals surface area contributed by atoms with Crippen LogP contribution in [-0.4, -0.2) is 21.2 Å². The molecule has 6 nitrogen and oxygen atoms in total. The summed E-state index contributed by atoms with van der Waals surface area (Å²) in [6, 6.07) is 12.6.